The largest absolute Gasteiger partial charge is 0.488 e. The average molecular weight is 364 g/mol. The summed E-state index contributed by atoms with van der Waals surface area (Å²) in [7, 11) is 0. The molecule has 5 rings (SSSR count). The Hall–Kier alpha value is -2.47. The van der Waals surface area contributed by atoms with Gasteiger partial charge in [0.2, 0.25) is 0 Å². The molecular weight excluding hydrogens is 340 g/mol. The van der Waals surface area contributed by atoms with Crippen molar-refractivity contribution in [3.63, 3.8) is 0 Å². The van der Waals surface area contributed by atoms with Crippen LogP contribution < -0.4 is 10.1 Å². The highest BCUT2D eigenvalue weighted by Crippen LogP contribution is 2.40. The monoisotopic (exact) mass is 364 g/mol. The molecule has 3 aliphatic rings. The van der Waals surface area contributed by atoms with Crippen LogP contribution in [0, 0.1) is 0 Å². The normalized spacial score (nSPS) is 20.7. The van der Waals surface area contributed by atoms with Crippen molar-refractivity contribution in [2.24, 2.45) is 4.99 Å². The van der Waals surface area contributed by atoms with Crippen molar-refractivity contribution in [3.8, 4) is 5.75 Å². The number of hydrogen-bond acceptors (Lipinski definition) is 6. The van der Waals surface area contributed by atoms with Crippen molar-refractivity contribution in [3.05, 3.63) is 47.4 Å². The standard InChI is InChI=1S/C21H24N4O2/c1-21(6-7-21)27-16-3-2-14-12-22-20(17(14)10-16)18-11-19(24-13-23-18)25-15-4-8-26-9-5-15/h2-3,10-11,13,15H,4-9,12H2,1H3,(H,23,24,25). The lowest BCUT2D eigenvalue weighted by molar-refractivity contribution is 0.0904. The maximum Gasteiger partial charge on any atom is 0.130 e. The van der Waals surface area contributed by atoms with Gasteiger partial charge in [0, 0.05) is 30.9 Å². The Balaban J connectivity index is 1.38. The Kier molecular flexibility index (Phi) is 4.08. The summed E-state index contributed by atoms with van der Waals surface area (Å²) < 4.78 is 11.6. The lowest BCUT2D eigenvalue weighted by Gasteiger charge is -2.23. The van der Waals surface area contributed by atoms with E-state index in [1.165, 1.54) is 5.56 Å². The van der Waals surface area contributed by atoms with E-state index < -0.39 is 0 Å². The molecule has 2 aromatic rings. The molecule has 0 spiro atoms. The first-order valence-corrected chi connectivity index (χ1v) is 9.72. The molecule has 140 valence electrons. The average Bonchev–Trinajstić information content (AvgIpc) is 3.26. The van der Waals surface area contributed by atoms with Crippen LogP contribution in [-0.4, -0.2) is 40.5 Å². The molecule has 0 unspecified atom stereocenters. The van der Waals surface area contributed by atoms with Gasteiger partial charge in [0.15, 0.2) is 0 Å². The number of hydrogen-bond donors (Lipinski definition) is 1. The van der Waals surface area contributed by atoms with Crippen LogP contribution in [0.5, 0.6) is 5.75 Å². The summed E-state index contributed by atoms with van der Waals surface area (Å²) in [6, 6.07) is 8.69. The lowest BCUT2D eigenvalue weighted by Crippen LogP contribution is -2.28. The second-order valence-corrected chi connectivity index (χ2v) is 7.86. The summed E-state index contributed by atoms with van der Waals surface area (Å²) in [5.41, 5.74) is 4.13. The third kappa shape index (κ3) is 3.54. The van der Waals surface area contributed by atoms with Gasteiger partial charge in [0.25, 0.3) is 0 Å². The Morgan fingerprint density at radius 2 is 2.00 bits per heavy atom. The second-order valence-electron chi connectivity index (χ2n) is 7.86. The summed E-state index contributed by atoms with van der Waals surface area (Å²) >= 11 is 0. The van der Waals surface area contributed by atoms with E-state index in [9.17, 15) is 0 Å². The number of nitrogens with one attached hydrogen (secondary N) is 1. The van der Waals surface area contributed by atoms with Gasteiger partial charge in [-0.2, -0.15) is 0 Å². The third-order valence-corrected chi connectivity index (χ3v) is 5.55. The number of rotatable bonds is 5. The van der Waals surface area contributed by atoms with E-state index in [0.29, 0.717) is 12.6 Å². The Morgan fingerprint density at radius 1 is 1.15 bits per heavy atom. The van der Waals surface area contributed by atoms with Crippen LogP contribution in [0.15, 0.2) is 35.6 Å². The molecule has 1 saturated carbocycles. The molecule has 6 heteroatoms. The summed E-state index contributed by atoms with van der Waals surface area (Å²) in [5.74, 6) is 1.76. The Labute approximate surface area is 159 Å². The van der Waals surface area contributed by atoms with Crippen LogP contribution in [0.25, 0.3) is 0 Å². The molecule has 0 atom stereocenters. The summed E-state index contributed by atoms with van der Waals surface area (Å²) in [6.45, 7) is 4.46. The zero-order valence-electron chi connectivity index (χ0n) is 15.6. The number of benzene rings is 1. The first-order chi connectivity index (χ1) is 13.2. The van der Waals surface area contributed by atoms with Crippen molar-refractivity contribution in [1.82, 2.24) is 9.97 Å². The van der Waals surface area contributed by atoms with Crippen molar-refractivity contribution < 1.29 is 9.47 Å². The van der Waals surface area contributed by atoms with Crippen LogP contribution in [0.4, 0.5) is 5.82 Å². The third-order valence-electron chi connectivity index (χ3n) is 5.55. The van der Waals surface area contributed by atoms with Gasteiger partial charge < -0.3 is 14.8 Å². The van der Waals surface area contributed by atoms with Crippen molar-refractivity contribution in [2.45, 2.75) is 50.8 Å². The molecule has 3 heterocycles. The first kappa shape index (κ1) is 16.7. The van der Waals surface area contributed by atoms with Gasteiger partial charge in [-0.3, -0.25) is 4.99 Å². The fourth-order valence-electron chi connectivity index (χ4n) is 3.63. The molecular formula is C21H24N4O2. The fourth-order valence-corrected chi connectivity index (χ4v) is 3.63. The number of nitrogens with zero attached hydrogens (tertiary/aromatic N) is 3. The molecule has 1 aromatic carbocycles. The smallest absolute Gasteiger partial charge is 0.130 e. The highest BCUT2D eigenvalue weighted by Gasteiger charge is 2.40. The minimum atomic E-state index is 0.0138. The molecule has 1 aliphatic carbocycles. The lowest BCUT2D eigenvalue weighted by atomic mass is 10.0. The molecule has 27 heavy (non-hydrogen) atoms. The van der Waals surface area contributed by atoms with Crippen molar-refractivity contribution >= 4 is 11.5 Å². The predicted molar refractivity (Wildman–Crippen MR) is 104 cm³/mol. The van der Waals surface area contributed by atoms with E-state index in [1.807, 2.05) is 6.07 Å². The van der Waals surface area contributed by atoms with Gasteiger partial charge in [-0.15, -0.1) is 0 Å². The number of ether oxygens (including phenoxy) is 2. The fraction of sp³-hybridized carbons (Fsp3) is 0.476. The van der Waals surface area contributed by atoms with E-state index in [1.54, 1.807) is 6.33 Å². The topological polar surface area (TPSA) is 68.6 Å². The van der Waals surface area contributed by atoms with Crippen molar-refractivity contribution in [1.29, 1.82) is 0 Å². The van der Waals surface area contributed by atoms with E-state index in [-0.39, 0.29) is 5.60 Å². The minimum Gasteiger partial charge on any atom is -0.488 e. The zero-order chi connectivity index (χ0) is 18.3. The van der Waals surface area contributed by atoms with E-state index in [4.69, 9.17) is 14.5 Å². The Morgan fingerprint density at radius 3 is 2.81 bits per heavy atom. The van der Waals surface area contributed by atoms with Crippen LogP contribution in [0.1, 0.15) is 49.4 Å². The zero-order valence-corrected chi connectivity index (χ0v) is 15.6. The van der Waals surface area contributed by atoms with Gasteiger partial charge in [-0.25, -0.2) is 9.97 Å². The molecule has 0 bridgehead atoms. The number of aliphatic imine (C=N–C) groups is 1. The van der Waals surface area contributed by atoms with Crippen LogP contribution >= 0.6 is 0 Å². The number of aromatic nitrogens is 2. The maximum atomic E-state index is 6.13. The van der Waals surface area contributed by atoms with Gasteiger partial charge in [0.1, 0.15) is 23.5 Å². The first-order valence-electron chi connectivity index (χ1n) is 9.72. The molecule has 1 N–H and O–H groups in total. The second kappa shape index (κ2) is 6.60. The maximum absolute atomic E-state index is 6.13. The molecule has 2 aliphatic heterocycles. The molecule has 2 fully saturated rings. The van der Waals surface area contributed by atoms with Gasteiger partial charge in [-0.05, 0) is 50.3 Å². The van der Waals surface area contributed by atoms with Crippen LogP contribution in [0.3, 0.4) is 0 Å². The highest BCUT2D eigenvalue weighted by atomic mass is 16.5. The van der Waals surface area contributed by atoms with Gasteiger partial charge in [0.05, 0.1) is 18.0 Å². The van der Waals surface area contributed by atoms with E-state index >= 15 is 0 Å². The SMILES string of the molecule is CC1(Oc2ccc3c(c2)C(c2cc(NC4CCOCC4)ncn2)=NC3)CC1. The van der Waals surface area contributed by atoms with Crippen LogP contribution in [0.2, 0.25) is 0 Å². The molecule has 0 amide bonds. The van der Waals surface area contributed by atoms with Crippen molar-refractivity contribution in [2.75, 3.05) is 18.5 Å². The summed E-state index contributed by atoms with van der Waals surface area (Å²) in [6.07, 6.45) is 5.87. The molecule has 1 saturated heterocycles. The van der Waals surface area contributed by atoms with Gasteiger partial charge >= 0.3 is 0 Å². The number of fused-ring (bicyclic) bond motifs is 1. The van der Waals surface area contributed by atoms with E-state index in [0.717, 1.165) is 67.4 Å². The van der Waals surface area contributed by atoms with E-state index in [2.05, 4.69) is 40.4 Å². The molecule has 1 aromatic heterocycles. The molecule has 6 nitrogen and oxygen atoms in total. The van der Waals surface area contributed by atoms with Gasteiger partial charge in [-0.1, -0.05) is 6.07 Å². The Bertz CT molecular complexity index is 886. The predicted octanol–water partition coefficient (Wildman–Crippen LogP) is 3.35. The summed E-state index contributed by atoms with van der Waals surface area (Å²) in [5, 5.41) is 3.51. The number of anilines is 1. The molecule has 0 radical (unpaired) electrons. The summed E-state index contributed by atoms with van der Waals surface area (Å²) in [4.78, 5) is 13.6. The minimum absolute atomic E-state index is 0.0138. The van der Waals surface area contributed by atoms with Crippen LogP contribution in [-0.2, 0) is 11.3 Å². The quantitative estimate of drug-likeness (QED) is 0.881. The highest BCUT2D eigenvalue weighted by molar-refractivity contribution is 6.14.